The number of aryl methyl sites for hydroxylation is 1. The maximum absolute atomic E-state index is 5.96. The second-order valence-corrected chi connectivity index (χ2v) is 5.40. The van der Waals surface area contributed by atoms with Gasteiger partial charge in [-0.2, -0.15) is 0 Å². The van der Waals surface area contributed by atoms with Crippen molar-refractivity contribution in [3.8, 4) is 0 Å². The smallest absolute Gasteiger partial charge is 0.134 e. The van der Waals surface area contributed by atoms with Crippen LogP contribution in [-0.4, -0.2) is 25.8 Å². The Kier molecular flexibility index (Phi) is 4.05. The van der Waals surface area contributed by atoms with Crippen LogP contribution >= 0.6 is 0 Å². The monoisotopic (exact) mass is 274 g/mol. The van der Waals surface area contributed by atoms with Crippen molar-refractivity contribution in [3.05, 3.63) is 35.6 Å². The topological polar surface area (TPSA) is 60.4 Å². The zero-order valence-electron chi connectivity index (χ0n) is 11.9. The summed E-state index contributed by atoms with van der Waals surface area (Å²) in [6.07, 6.45) is 2.62. The van der Waals surface area contributed by atoms with Crippen LogP contribution in [0.4, 0.5) is 0 Å². The van der Waals surface area contributed by atoms with E-state index in [1.54, 1.807) is 0 Å². The minimum Gasteiger partial charge on any atom is -0.461 e. The van der Waals surface area contributed by atoms with Gasteiger partial charge in [0.05, 0.1) is 6.10 Å². The summed E-state index contributed by atoms with van der Waals surface area (Å²) in [4.78, 5) is 0. The van der Waals surface area contributed by atoms with Gasteiger partial charge in [-0.3, -0.25) is 0 Å². The van der Waals surface area contributed by atoms with E-state index in [9.17, 15) is 0 Å². The zero-order chi connectivity index (χ0) is 13.9. The Labute approximate surface area is 119 Å². The predicted octanol–water partition coefficient (Wildman–Crippen LogP) is 2.51. The van der Waals surface area contributed by atoms with Crippen LogP contribution in [0.15, 0.2) is 28.7 Å². The van der Waals surface area contributed by atoms with Crippen LogP contribution in [0.3, 0.4) is 0 Å². The van der Waals surface area contributed by atoms with Crippen molar-refractivity contribution in [3.63, 3.8) is 0 Å². The molecular weight excluding hydrogens is 252 g/mol. The Bertz CT molecular complexity index is 573. The summed E-state index contributed by atoms with van der Waals surface area (Å²) in [5.74, 6) is 0.946. The van der Waals surface area contributed by atoms with Gasteiger partial charge in [-0.15, -0.1) is 0 Å². The fourth-order valence-electron chi connectivity index (χ4n) is 3.00. The summed E-state index contributed by atoms with van der Waals surface area (Å²) in [5.41, 5.74) is 8.07. The van der Waals surface area contributed by atoms with Crippen LogP contribution in [-0.2, 0) is 4.74 Å². The van der Waals surface area contributed by atoms with Gasteiger partial charge >= 0.3 is 0 Å². The summed E-state index contributed by atoms with van der Waals surface area (Å²) in [5, 5.41) is 4.69. The average Bonchev–Trinajstić information content (AvgIpc) is 3.07. The summed E-state index contributed by atoms with van der Waals surface area (Å²) in [7, 11) is 0. The number of para-hydroxylation sites is 1. The van der Waals surface area contributed by atoms with E-state index >= 15 is 0 Å². The fraction of sp³-hybridized carbons (Fsp3) is 0.500. The molecule has 4 heteroatoms. The molecule has 108 valence electrons. The van der Waals surface area contributed by atoms with Gasteiger partial charge < -0.3 is 20.2 Å². The third-order valence-electron chi connectivity index (χ3n) is 4.02. The van der Waals surface area contributed by atoms with E-state index in [1.807, 2.05) is 25.1 Å². The molecule has 2 atom stereocenters. The second-order valence-electron chi connectivity index (χ2n) is 5.40. The van der Waals surface area contributed by atoms with Crippen molar-refractivity contribution in [2.45, 2.75) is 31.9 Å². The van der Waals surface area contributed by atoms with Gasteiger partial charge in [-0.05, 0) is 25.8 Å². The lowest BCUT2D eigenvalue weighted by molar-refractivity contribution is 0.107. The Morgan fingerprint density at radius 2 is 2.25 bits per heavy atom. The summed E-state index contributed by atoms with van der Waals surface area (Å²) in [6.45, 7) is 4.29. The molecular formula is C16H22N2O2. The molecule has 2 unspecified atom stereocenters. The van der Waals surface area contributed by atoms with Crippen molar-refractivity contribution >= 4 is 11.0 Å². The lowest BCUT2D eigenvalue weighted by atomic mass is 10.0. The van der Waals surface area contributed by atoms with Crippen molar-refractivity contribution < 1.29 is 9.15 Å². The molecule has 1 aromatic heterocycles. The standard InChI is InChI=1S/C16H22N2O2/c1-11-16(13-6-2-3-7-15(13)20-11)14(9-17)18-10-12-5-4-8-19-12/h2-3,6-7,12,14,18H,4-5,8-10,17H2,1H3. The number of benzene rings is 1. The van der Waals surface area contributed by atoms with E-state index in [0.29, 0.717) is 12.6 Å². The molecule has 3 N–H and O–H groups in total. The van der Waals surface area contributed by atoms with E-state index in [4.69, 9.17) is 14.9 Å². The summed E-state index contributed by atoms with van der Waals surface area (Å²) in [6, 6.07) is 8.24. The molecule has 0 spiro atoms. The molecule has 0 amide bonds. The van der Waals surface area contributed by atoms with Gasteiger partial charge in [0.15, 0.2) is 0 Å². The zero-order valence-corrected chi connectivity index (χ0v) is 11.9. The van der Waals surface area contributed by atoms with Gasteiger partial charge in [-0.1, -0.05) is 18.2 Å². The summed E-state index contributed by atoms with van der Waals surface area (Å²) < 4.78 is 11.5. The Morgan fingerprint density at radius 1 is 1.40 bits per heavy atom. The number of nitrogens with two attached hydrogens (primary N) is 1. The molecule has 0 radical (unpaired) electrons. The highest BCUT2D eigenvalue weighted by Crippen LogP contribution is 2.30. The lowest BCUT2D eigenvalue weighted by Crippen LogP contribution is -2.34. The lowest BCUT2D eigenvalue weighted by Gasteiger charge is -2.19. The van der Waals surface area contributed by atoms with Crippen LogP contribution in [0.2, 0.25) is 0 Å². The van der Waals surface area contributed by atoms with Crippen LogP contribution < -0.4 is 11.1 Å². The van der Waals surface area contributed by atoms with Crippen molar-refractivity contribution in [2.75, 3.05) is 19.7 Å². The first kappa shape index (κ1) is 13.6. The fourth-order valence-corrected chi connectivity index (χ4v) is 3.00. The van der Waals surface area contributed by atoms with Crippen LogP contribution in [0.25, 0.3) is 11.0 Å². The maximum Gasteiger partial charge on any atom is 0.134 e. The third-order valence-corrected chi connectivity index (χ3v) is 4.02. The highest BCUT2D eigenvalue weighted by molar-refractivity contribution is 5.82. The number of hydrogen-bond acceptors (Lipinski definition) is 4. The first-order valence-corrected chi connectivity index (χ1v) is 7.32. The van der Waals surface area contributed by atoms with Crippen LogP contribution in [0.1, 0.15) is 30.2 Å². The molecule has 0 saturated carbocycles. The van der Waals surface area contributed by atoms with Crippen molar-refractivity contribution in [1.29, 1.82) is 0 Å². The normalized spacial score (nSPS) is 20.6. The Hall–Kier alpha value is -1.36. The highest BCUT2D eigenvalue weighted by atomic mass is 16.5. The number of hydrogen-bond donors (Lipinski definition) is 2. The molecule has 1 aliphatic rings. The van der Waals surface area contributed by atoms with E-state index in [1.165, 1.54) is 5.56 Å². The van der Waals surface area contributed by atoms with E-state index in [2.05, 4.69) is 11.4 Å². The number of fused-ring (bicyclic) bond motifs is 1. The van der Waals surface area contributed by atoms with Gasteiger partial charge in [0.2, 0.25) is 0 Å². The number of furan rings is 1. The van der Waals surface area contributed by atoms with E-state index < -0.39 is 0 Å². The molecule has 4 nitrogen and oxygen atoms in total. The first-order valence-electron chi connectivity index (χ1n) is 7.32. The van der Waals surface area contributed by atoms with E-state index in [0.717, 1.165) is 42.7 Å². The van der Waals surface area contributed by atoms with Crippen molar-refractivity contribution in [1.82, 2.24) is 5.32 Å². The molecule has 1 fully saturated rings. The molecule has 2 aromatic rings. The molecule has 3 rings (SSSR count). The van der Waals surface area contributed by atoms with Crippen molar-refractivity contribution in [2.24, 2.45) is 5.73 Å². The molecule has 1 aliphatic heterocycles. The quantitative estimate of drug-likeness (QED) is 0.879. The molecule has 2 heterocycles. The Morgan fingerprint density at radius 3 is 3.00 bits per heavy atom. The van der Waals surface area contributed by atoms with Crippen LogP contribution in [0, 0.1) is 6.92 Å². The predicted molar refractivity (Wildman–Crippen MR) is 79.7 cm³/mol. The van der Waals surface area contributed by atoms with Gasteiger partial charge in [0, 0.05) is 36.7 Å². The largest absolute Gasteiger partial charge is 0.461 e. The van der Waals surface area contributed by atoms with Gasteiger partial charge in [0.1, 0.15) is 11.3 Å². The summed E-state index contributed by atoms with van der Waals surface area (Å²) >= 11 is 0. The second kappa shape index (κ2) is 5.95. The number of nitrogens with one attached hydrogen (secondary N) is 1. The first-order chi connectivity index (χ1) is 9.79. The maximum atomic E-state index is 5.96. The minimum absolute atomic E-state index is 0.114. The molecule has 1 aromatic carbocycles. The van der Waals surface area contributed by atoms with Gasteiger partial charge in [0.25, 0.3) is 0 Å². The SMILES string of the molecule is Cc1oc2ccccc2c1C(CN)NCC1CCCO1. The average molecular weight is 274 g/mol. The molecule has 0 aliphatic carbocycles. The number of rotatable bonds is 5. The third kappa shape index (κ3) is 2.59. The van der Waals surface area contributed by atoms with Crippen LogP contribution in [0.5, 0.6) is 0 Å². The molecule has 1 saturated heterocycles. The minimum atomic E-state index is 0.114. The molecule has 20 heavy (non-hydrogen) atoms. The molecule has 0 bridgehead atoms. The number of ether oxygens (including phenoxy) is 1. The highest BCUT2D eigenvalue weighted by Gasteiger charge is 2.22. The Balaban J connectivity index is 1.81. The van der Waals surface area contributed by atoms with E-state index in [-0.39, 0.29) is 6.04 Å². The van der Waals surface area contributed by atoms with Gasteiger partial charge in [-0.25, -0.2) is 0 Å².